The summed E-state index contributed by atoms with van der Waals surface area (Å²) >= 11 is 0. The average molecular weight is 194 g/mol. The maximum absolute atomic E-state index is 12.9. The molecule has 0 aliphatic carbocycles. The third-order valence-corrected chi connectivity index (χ3v) is 2.14. The summed E-state index contributed by atoms with van der Waals surface area (Å²) in [4.78, 5) is 0. The molecule has 0 heterocycles. The largest absolute Gasteiger partial charge is 0.388 e. The summed E-state index contributed by atoms with van der Waals surface area (Å²) in [5.74, 6) is -0.314. The molecule has 0 aliphatic heterocycles. The minimum absolute atomic E-state index is 0.314. The van der Waals surface area contributed by atoms with Crippen molar-refractivity contribution in [1.82, 2.24) is 0 Å². The molecule has 1 aromatic carbocycles. The Morgan fingerprint density at radius 2 is 2.21 bits per heavy atom. The lowest BCUT2D eigenvalue weighted by molar-refractivity contribution is 0.177. The van der Waals surface area contributed by atoms with E-state index in [2.05, 4.69) is 6.58 Å². The van der Waals surface area contributed by atoms with E-state index in [1.165, 1.54) is 12.1 Å². The van der Waals surface area contributed by atoms with Gasteiger partial charge < -0.3 is 5.11 Å². The molecule has 14 heavy (non-hydrogen) atoms. The zero-order valence-electron chi connectivity index (χ0n) is 8.55. The lowest BCUT2D eigenvalue weighted by Crippen LogP contribution is -2.01. The van der Waals surface area contributed by atoms with Gasteiger partial charge in [0.05, 0.1) is 6.10 Å². The molecule has 1 rings (SSSR count). The number of aliphatic hydroxyl groups excluding tert-OH is 1. The molecule has 0 radical (unpaired) electrons. The van der Waals surface area contributed by atoms with Crippen molar-refractivity contribution in [2.45, 2.75) is 26.4 Å². The Kier molecular flexibility index (Phi) is 3.42. The smallest absolute Gasteiger partial charge is 0.123 e. The number of aliphatic hydroxyl groups is 1. The number of benzene rings is 1. The fourth-order valence-electron chi connectivity index (χ4n) is 1.41. The molecular formula is C12H15FO. The van der Waals surface area contributed by atoms with Crippen molar-refractivity contribution < 1.29 is 9.50 Å². The van der Waals surface area contributed by atoms with Gasteiger partial charge in [0.2, 0.25) is 0 Å². The van der Waals surface area contributed by atoms with Crippen LogP contribution in [0.3, 0.4) is 0 Å². The molecule has 0 saturated carbocycles. The van der Waals surface area contributed by atoms with E-state index in [1.807, 2.05) is 13.8 Å². The molecule has 1 aromatic rings. The van der Waals surface area contributed by atoms with Crippen LogP contribution in [0.4, 0.5) is 4.39 Å². The van der Waals surface area contributed by atoms with Crippen LogP contribution in [-0.4, -0.2) is 5.11 Å². The number of hydrogen-bond acceptors (Lipinski definition) is 1. The Morgan fingerprint density at radius 1 is 1.57 bits per heavy atom. The van der Waals surface area contributed by atoms with E-state index in [0.29, 0.717) is 12.0 Å². The van der Waals surface area contributed by atoms with Gasteiger partial charge in [0, 0.05) is 0 Å². The van der Waals surface area contributed by atoms with Gasteiger partial charge in [0.1, 0.15) is 5.82 Å². The van der Waals surface area contributed by atoms with Gasteiger partial charge in [-0.05, 0) is 43.5 Å². The number of rotatable bonds is 3. The second kappa shape index (κ2) is 4.38. The zero-order valence-corrected chi connectivity index (χ0v) is 8.55. The summed E-state index contributed by atoms with van der Waals surface area (Å²) in [7, 11) is 0. The van der Waals surface area contributed by atoms with Crippen LogP contribution in [0.2, 0.25) is 0 Å². The van der Waals surface area contributed by atoms with Crippen molar-refractivity contribution in [2.24, 2.45) is 0 Å². The van der Waals surface area contributed by atoms with Gasteiger partial charge in [-0.2, -0.15) is 0 Å². The van der Waals surface area contributed by atoms with Crippen molar-refractivity contribution in [3.8, 4) is 0 Å². The first-order valence-corrected chi connectivity index (χ1v) is 4.59. The van der Waals surface area contributed by atoms with Gasteiger partial charge in [-0.15, -0.1) is 6.58 Å². The second-order valence-corrected chi connectivity index (χ2v) is 3.68. The van der Waals surface area contributed by atoms with E-state index in [-0.39, 0.29) is 5.82 Å². The second-order valence-electron chi connectivity index (χ2n) is 3.68. The molecule has 1 unspecified atom stereocenters. The molecule has 0 fully saturated rings. The minimum atomic E-state index is -0.650. The van der Waals surface area contributed by atoms with Gasteiger partial charge >= 0.3 is 0 Å². The normalized spacial score (nSPS) is 12.6. The topological polar surface area (TPSA) is 20.2 Å². The highest BCUT2D eigenvalue weighted by atomic mass is 19.1. The van der Waals surface area contributed by atoms with Crippen molar-refractivity contribution >= 4 is 0 Å². The Labute approximate surface area is 83.9 Å². The van der Waals surface area contributed by atoms with Gasteiger partial charge in [-0.1, -0.05) is 11.6 Å². The van der Waals surface area contributed by atoms with E-state index in [9.17, 15) is 9.50 Å². The molecule has 0 aliphatic rings. The first-order valence-electron chi connectivity index (χ1n) is 4.59. The quantitative estimate of drug-likeness (QED) is 0.733. The molecule has 0 amide bonds. The Bertz CT molecular complexity index is 344. The highest BCUT2D eigenvalue weighted by molar-refractivity contribution is 5.29. The van der Waals surface area contributed by atoms with Crippen LogP contribution in [0.5, 0.6) is 0 Å². The molecular weight excluding hydrogens is 179 g/mol. The Hall–Kier alpha value is -1.15. The van der Waals surface area contributed by atoms with Crippen molar-refractivity contribution in [2.75, 3.05) is 0 Å². The first kappa shape index (κ1) is 10.9. The van der Waals surface area contributed by atoms with Crippen LogP contribution in [-0.2, 0) is 0 Å². The predicted molar refractivity (Wildman–Crippen MR) is 55.5 cm³/mol. The molecule has 0 aromatic heterocycles. The van der Waals surface area contributed by atoms with Gasteiger partial charge in [-0.3, -0.25) is 0 Å². The fourth-order valence-corrected chi connectivity index (χ4v) is 1.41. The summed E-state index contributed by atoms with van der Waals surface area (Å²) in [6.07, 6.45) is -0.173. The van der Waals surface area contributed by atoms with Crippen molar-refractivity contribution in [3.05, 3.63) is 47.3 Å². The highest BCUT2D eigenvalue weighted by Crippen LogP contribution is 2.23. The summed E-state index contributed by atoms with van der Waals surface area (Å²) < 4.78 is 12.9. The molecule has 2 heteroatoms. The summed E-state index contributed by atoms with van der Waals surface area (Å²) in [6, 6.07) is 4.45. The van der Waals surface area contributed by atoms with Gasteiger partial charge in [0.25, 0.3) is 0 Å². The molecule has 0 saturated heterocycles. The lowest BCUT2D eigenvalue weighted by atomic mass is 9.99. The Morgan fingerprint density at radius 3 is 2.79 bits per heavy atom. The maximum Gasteiger partial charge on any atom is 0.123 e. The standard InChI is InChI=1S/C12H15FO/c1-8(2)6-12(14)11-7-10(13)5-4-9(11)3/h4-5,7,12,14H,1,6H2,2-3H3. The molecule has 1 N–H and O–H groups in total. The highest BCUT2D eigenvalue weighted by Gasteiger charge is 2.11. The van der Waals surface area contributed by atoms with Crippen LogP contribution in [0.15, 0.2) is 30.4 Å². The number of halogens is 1. The zero-order chi connectivity index (χ0) is 10.7. The summed E-state index contributed by atoms with van der Waals surface area (Å²) in [5.41, 5.74) is 2.44. The Balaban J connectivity index is 2.93. The van der Waals surface area contributed by atoms with E-state index < -0.39 is 6.10 Å². The van der Waals surface area contributed by atoms with Gasteiger partial charge in [-0.25, -0.2) is 4.39 Å². The van der Waals surface area contributed by atoms with E-state index in [1.54, 1.807) is 6.07 Å². The maximum atomic E-state index is 12.9. The summed E-state index contributed by atoms with van der Waals surface area (Å²) in [6.45, 7) is 7.42. The van der Waals surface area contributed by atoms with Crippen molar-refractivity contribution in [3.63, 3.8) is 0 Å². The van der Waals surface area contributed by atoms with Crippen LogP contribution >= 0.6 is 0 Å². The monoisotopic (exact) mass is 194 g/mol. The van der Waals surface area contributed by atoms with E-state index in [4.69, 9.17) is 0 Å². The molecule has 1 nitrogen and oxygen atoms in total. The van der Waals surface area contributed by atoms with Crippen LogP contribution in [0.1, 0.15) is 30.6 Å². The van der Waals surface area contributed by atoms with E-state index >= 15 is 0 Å². The fraction of sp³-hybridized carbons (Fsp3) is 0.333. The van der Waals surface area contributed by atoms with Gasteiger partial charge in [0.15, 0.2) is 0 Å². The van der Waals surface area contributed by atoms with Crippen molar-refractivity contribution in [1.29, 1.82) is 0 Å². The van der Waals surface area contributed by atoms with Crippen LogP contribution in [0.25, 0.3) is 0 Å². The van der Waals surface area contributed by atoms with Crippen LogP contribution in [0, 0.1) is 12.7 Å². The first-order chi connectivity index (χ1) is 6.50. The molecule has 0 bridgehead atoms. The summed E-state index contributed by atoms with van der Waals surface area (Å²) in [5, 5.41) is 9.77. The predicted octanol–water partition coefficient (Wildman–Crippen LogP) is 3.13. The average Bonchev–Trinajstić information content (AvgIpc) is 2.08. The molecule has 0 spiro atoms. The number of hydrogen-bond donors (Lipinski definition) is 1. The molecule has 1 atom stereocenters. The van der Waals surface area contributed by atoms with E-state index in [0.717, 1.165) is 11.1 Å². The third-order valence-electron chi connectivity index (χ3n) is 2.14. The molecule has 76 valence electrons. The SMILES string of the molecule is C=C(C)CC(O)c1cc(F)ccc1C. The lowest BCUT2D eigenvalue weighted by Gasteiger charge is -2.13. The number of aryl methyl sites for hydroxylation is 1. The minimum Gasteiger partial charge on any atom is -0.388 e. The third kappa shape index (κ3) is 2.67. The van der Waals surface area contributed by atoms with Crippen LogP contribution < -0.4 is 0 Å².